The van der Waals surface area contributed by atoms with Gasteiger partial charge in [-0.2, -0.15) is 0 Å². The van der Waals surface area contributed by atoms with Crippen LogP contribution in [0.15, 0.2) is 40.9 Å². The second-order valence-corrected chi connectivity index (χ2v) is 4.92. The molecule has 5 heteroatoms. The van der Waals surface area contributed by atoms with E-state index in [9.17, 15) is 8.78 Å². The molecule has 0 fully saturated rings. The summed E-state index contributed by atoms with van der Waals surface area (Å²) in [5.41, 5.74) is 1.37. The molecule has 2 aromatic carbocycles. The topological polar surface area (TPSA) is 12.0 Å². The first-order valence-electron chi connectivity index (χ1n) is 5.20. The molecule has 0 aromatic heterocycles. The lowest BCUT2D eigenvalue weighted by atomic mass is 10.2. The summed E-state index contributed by atoms with van der Waals surface area (Å²) in [5, 5.41) is 3.16. The van der Waals surface area contributed by atoms with Crippen LogP contribution >= 0.6 is 27.5 Å². The fourth-order valence-corrected chi connectivity index (χ4v) is 2.19. The summed E-state index contributed by atoms with van der Waals surface area (Å²) in [4.78, 5) is 0. The Morgan fingerprint density at radius 1 is 1.17 bits per heavy atom. The van der Waals surface area contributed by atoms with Crippen LogP contribution in [-0.4, -0.2) is 0 Å². The number of hydrogen-bond donors (Lipinski definition) is 1. The molecule has 0 heterocycles. The average Bonchev–Trinajstić information content (AvgIpc) is 2.33. The Balaban J connectivity index is 2.14. The van der Waals surface area contributed by atoms with Gasteiger partial charge in [0.05, 0.1) is 5.02 Å². The van der Waals surface area contributed by atoms with Gasteiger partial charge < -0.3 is 5.32 Å². The van der Waals surface area contributed by atoms with Crippen LogP contribution < -0.4 is 5.32 Å². The highest BCUT2D eigenvalue weighted by Crippen LogP contribution is 2.25. The molecule has 0 radical (unpaired) electrons. The van der Waals surface area contributed by atoms with Crippen molar-refractivity contribution in [3.05, 3.63) is 63.1 Å². The molecular weight excluding hydrogens is 324 g/mol. The van der Waals surface area contributed by atoms with Gasteiger partial charge in [0.25, 0.3) is 0 Å². The molecule has 1 nitrogen and oxygen atoms in total. The van der Waals surface area contributed by atoms with Crippen LogP contribution in [0.25, 0.3) is 0 Å². The lowest BCUT2D eigenvalue weighted by Gasteiger charge is -2.10. The van der Waals surface area contributed by atoms with Crippen molar-refractivity contribution in [2.75, 3.05) is 5.32 Å². The first kappa shape index (κ1) is 13.3. The van der Waals surface area contributed by atoms with Crippen LogP contribution in [0, 0.1) is 11.6 Å². The zero-order valence-corrected chi connectivity index (χ0v) is 11.5. The molecule has 2 aromatic rings. The molecule has 0 unspecified atom stereocenters. The lowest BCUT2D eigenvalue weighted by Crippen LogP contribution is -2.01. The Hall–Kier alpha value is -1.13. The Morgan fingerprint density at radius 3 is 2.67 bits per heavy atom. The molecule has 0 saturated heterocycles. The van der Waals surface area contributed by atoms with Crippen LogP contribution in [0.2, 0.25) is 5.02 Å². The van der Waals surface area contributed by atoms with Gasteiger partial charge in [-0.1, -0.05) is 23.7 Å². The molecule has 1 N–H and O–H groups in total. The van der Waals surface area contributed by atoms with E-state index in [-0.39, 0.29) is 10.8 Å². The van der Waals surface area contributed by atoms with Crippen LogP contribution in [-0.2, 0) is 6.54 Å². The summed E-state index contributed by atoms with van der Waals surface area (Å²) in [7, 11) is 0. The summed E-state index contributed by atoms with van der Waals surface area (Å²) in [6.07, 6.45) is 0. The molecular formula is C13H9BrClF2N. The van der Waals surface area contributed by atoms with Crippen molar-refractivity contribution in [2.45, 2.75) is 6.54 Å². The summed E-state index contributed by atoms with van der Waals surface area (Å²) in [6, 6.07) is 8.94. The van der Waals surface area contributed by atoms with Crippen molar-refractivity contribution in [3.8, 4) is 0 Å². The Bertz CT molecular complexity index is 575. The maximum absolute atomic E-state index is 13.2. The second kappa shape index (κ2) is 5.67. The van der Waals surface area contributed by atoms with Gasteiger partial charge in [-0.15, -0.1) is 0 Å². The average molecular weight is 333 g/mol. The number of anilines is 1. The number of hydrogen-bond acceptors (Lipinski definition) is 1. The van der Waals surface area contributed by atoms with E-state index < -0.39 is 5.82 Å². The van der Waals surface area contributed by atoms with E-state index in [1.165, 1.54) is 18.2 Å². The van der Waals surface area contributed by atoms with Gasteiger partial charge in [-0.05, 0) is 45.8 Å². The van der Waals surface area contributed by atoms with E-state index in [0.29, 0.717) is 16.6 Å². The lowest BCUT2D eigenvalue weighted by molar-refractivity contribution is 0.626. The third-order valence-corrected chi connectivity index (χ3v) is 3.51. The van der Waals surface area contributed by atoms with E-state index in [4.69, 9.17) is 11.6 Å². The largest absolute Gasteiger partial charge is 0.380 e. The first-order valence-corrected chi connectivity index (χ1v) is 6.37. The normalized spacial score (nSPS) is 10.4. The van der Waals surface area contributed by atoms with Crippen LogP contribution in [0.1, 0.15) is 5.56 Å². The quantitative estimate of drug-likeness (QED) is 0.834. The van der Waals surface area contributed by atoms with Gasteiger partial charge in [-0.3, -0.25) is 0 Å². The SMILES string of the molecule is Fc1ccc(NCc2cccc(F)c2Cl)c(Br)c1. The zero-order chi connectivity index (χ0) is 13.1. The molecule has 0 atom stereocenters. The molecule has 0 saturated carbocycles. The smallest absolute Gasteiger partial charge is 0.142 e. The molecule has 0 bridgehead atoms. The molecule has 18 heavy (non-hydrogen) atoms. The van der Waals surface area contributed by atoms with Crippen molar-refractivity contribution in [2.24, 2.45) is 0 Å². The first-order chi connectivity index (χ1) is 8.58. The number of nitrogens with one attached hydrogen (secondary N) is 1. The van der Waals surface area contributed by atoms with Crippen molar-refractivity contribution < 1.29 is 8.78 Å². The number of benzene rings is 2. The van der Waals surface area contributed by atoms with Gasteiger partial charge in [0.2, 0.25) is 0 Å². The predicted molar refractivity (Wildman–Crippen MR) is 72.8 cm³/mol. The molecule has 2 rings (SSSR count). The standard InChI is InChI=1S/C13H9BrClF2N/c14-10-6-9(16)4-5-12(10)18-7-8-2-1-3-11(17)13(8)15/h1-6,18H,7H2. The Morgan fingerprint density at radius 2 is 1.94 bits per heavy atom. The highest BCUT2D eigenvalue weighted by atomic mass is 79.9. The summed E-state index contributed by atoms with van der Waals surface area (Å²) < 4.78 is 26.7. The van der Waals surface area contributed by atoms with Gasteiger partial charge in [0, 0.05) is 16.7 Å². The van der Waals surface area contributed by atoms with Gasteiger partial charge in [0.15, 0.2) is 0 Å². The zero-order valence-electron chi connectivity index (χ0n) is 9.18. The maximum atomic E-state index is 13.2. The van der Waals surface area contributed by atoms with Gasteiger partial charge in [0.1, 0.15) is 11.6 Å². The number of rotatable bonds is 3. The van der Waals surface area contributed by atoms with Crippen molar-refractivity contribution in [1.82, 2.24) is 0 Å². The van der Waals surface area contributed by atoms with Crippen molar-refractivity contribution in [3.63, 3.8) is 0 Å². The minimum absolute atomic E-state index is 0.100. The van der Waals surface area contributed by atoms with E-state index in [2.05, 4.69) is 21.2 Å². The minimum atomic E-state index is -0.450. The summed E-state index contributed by atoms with van der Waals surface area (Å²) in [5.74, 6) is -0.773. The highest BCUT2D eigenvalue weighted by molar-refractivity contribution is 9.10. The van der Waals surface area contributed by atoms with Crippen molar-refractivity contribution >= 4 is 33.2 Å². The molecule has 94 valence electrons. The second-order valence-electron chi connectivity index (χ2n) is 3.69. The Kier molecular flexibility index (Phi) is 4.19. The maximum Gasteiger partial charge on any atom is 0.142 e. The van der Waals surface area contributed by atoms with E-state index in [1.807, 2.05) is 0 Å². The van der Waals surface area contributed by atoms with Crippen molar-refractivity contribution in [1.29, 1.82) is 0 Å². The highest BCUT2D eigenvalue weighted by Gasteiger charge is 2.06. The monoisotopic (exact) mass is 331 g/mol. The van der Waals surface area contributed by atoms with E-state index in [1.54, 1.807) is 18.2 Å². The molecule has 0 aliphatic rings. The third kappa shape index (κ3) is 3.00. The van der Waals surface area contributed by atoms with E-state index >= 15 is 0 Å². The Labute approximate surface area is 117 Å². The fraction of sp³-hybridized carbons (Fsp3) is 0.0769. The van der Waals surface area contributed by atoms with E-state index in [0.717, 1.165) is 5.69 Å². The fourth-order valence-electron chi connectivity index (χ4n) is 1.51. The van der Waals surface area contributed by atoms with Gasteiger partial charge in [-0.25, -0.2) is 8.78 Å². The van der Waals surface area contributed by atoms with Gasteiger partial charge >= 0.3 is 0 Å². The third-order valence-electron chi connectivity index (χ3n) is 2.43. The number of halogens is 4. The summed E-state index contributed by atoms with van der Waals surface area (Å²) in [6.45, 7) is 0.362. The minimum Gasteiger partial charge on any atom is -0.380 e. The summed E-state index contributed by atoms with van der Waals surface area (Å²) >= 11 is 9.08. The molecule has 0 spiro atoms. The van der Waals surface area contributed by atoms with Crippen LogP contribution in [0.4, 0.5) is 14.5 Å². The molecule has 0 aliphatic carbocycles. The van der Waals surface area contributed by atoms with Crippen LogP contribution in [0.5, 0.6) is 0 Å². The predicted octanol–water partition coefficient (Wildman–Crippen LogP) is 4.99. The molecule has 0 amide bonds. The van der Waals surface area contributed by atoms with Crippen LogP contribution in [0.3, 0.4) is 0 Å². The molecule has 0 aliphatic heterocycles.